The molecule has 0 bridgehead atoms. The van der Waals surface area contributed by atoms with E-state index in [1.165, 1.54) is 0 Å². The SMILES string of the molecule is CCOc1ccc(C=Nc2ccc(Cl)cc2)c(O)c1. The van der Waals surface area contributed by atoms with Crippen molar-refractivity contribution in [1.82, 2.24) is 0 Å². The molecule has 0 unspecified atom stereocenters. The van der Waals surface area contributed by atoms with E-state index in [1.807, 2.05) is 19.1 Å². The van der Waals surface area contributed by atoms with Gasteiger partial charge in [-0.15, -0.1) is 0 Å². The Balaban J connectivity index is 2.16. The smallest absolute Gasteiger partial charge is 0.128 e. The first-order valence-electron chi connectivity index (χ1n) is 5.94. The first-order chi connectivity index (χ1) is 9.19. The number of aliphatic imine (C=N–C) groups is 1. The molecule has 0 aliphatic carbocycles. The Morgan fingerprint density at radius 1 is 1.21 bits per heavy atom. The summed E-state index contributed by atoms with van der Waals surface area (Å²) in [5, 5.41) is 10.5. The van der Waals surface area contributed by atoms with E-state index < -0.39 is 0 Å². The monoisotopic (exact) mass is 275 g/mol. The molecule has 19 heavy (non-hydrogen) atoms. The van der Waals surface area contributed by atoms with Crippen LogP contribution in [0.5, 0.6) is 11.5 Å². The zero-order chi connectivity index (χ0) is 13.7. The third-order valence-electron chi connectivity index (χ3n) is 2.49. The van der Waals surface area contributed by atoms with Crippen molar-refractivity contribution in [2.45, 2.75) is 6.92 Å². The molecule has 2 rings (SSSR count). The van der Waals surface area contributed by atoms with Crippen LogP contribution in [0.2, 0.25) is 5.02 Å². The quantitative estimate of drug-likeness (QED) is 0.850. The summed E-state index contributed by atoms with van der Waals surface area (Å²) in [6.45, 7) is 2.46. The molecule has 0 aliphatic heterocycles. The lowest BCUT2D eigenvalue weighted by Gasteiger charge is -2.04. The molecule has 0 radical (unpaired) electrons. The number of phenolic OH excluding ortho intramolecular Hbond substituents is 1. The molecule has 2 aromatic rings. The molecule has 4 heteroatoms. The number of ether oxygens (including phenoxy) is 1. The second kappa shape index (κ2) is 6.25. The fourth-order valence-electron chi connectivity index (χ4n) is 1.56. The maximum absolute atomic E-state index is 9.85. The molecule has 0 amide bonds. The van der Waals surface area contributed by atoms with Crippen LogP contribution in [0.25, 0.3) is 0 Å². The zero-order valence-electron chi connectivity index (χ0n) is 10.5. The van der Waals surface area contributed by atoms with Crippen LogP contribution < -0.4 is 4.74 Å². The molecule has 0 aliphatic rings. The number of rotatable bonds is 4. The molecule has 0 atom stereocenters. The number of hydrogen-bond acceptors (Lipinski definition) is 3. The Morgan fingerprint density at radius 3 is 2.58 bits per heavy atom. The molecule has 0 fully saturated rings. The zero-order valence-corrected chi connectivity index (χ0v) is 11.3. The Kier molecular flexibility index (Phi) is 4.42. The second-order valence-electron chi connectivity index (χ2n) is 3.89. The fourth-order valence-corrected chi connectivity index (χ4v) is 1.69. The predicted octanol–water partition coefficient (Wildman–Crippen LogP) is 4.19. The minimum absolute atomic E-state index is 0.142. The highest BCUT2D eigenvalue weighted by Crippen LogP contribution is 2.23. The topological polar surface area (TPSA) is 41.8 Å². The molecule has 98 valence electrons. The summed E-state index contributed by atoms with van der Waals surface area (Å²) >= 11 is 5.80. The number of nitrogens with zero attached hydrogens (tertiary/aromatic N) is 1. The maximum atomic E-state index is 9.85. The summed E-state index contributed by atoms with van der Waals surface area (Å²) in [4.78, 5) is 4.27. The number of phenols is 1. The largest absolute Gasteiger partial charge is 0.507 e. The lowest BCUT2D eigenvalue weighted by atomic mass is 10.2. The fraction of sp³-hybridized carbons (Fsp3) is 0.133. The van der Waals surface area contributed by atoms with E-state index in [1.54, 1.807) is 36.5 Å². The van der Waals surface area contributed by atoms with Crippen molar-refractivity contribution in [2.75, 3.05) is 6.61 Å². The van der Waals surface area contributed by atoms with Crippen molar-refractivity contribution >= 4 is 23.5 Å². The predicted molar refractivity (Wildman–Crippen MR) is 78.0 cm³/mol. The highest BCUT2D eigenvalue weighted by molar-refractivity contribution is 6.30. The first kappa shape index (κ1) is 13.4. The molecule has 0 heterocycles. The number of aromatic hydroxyl groups is 1. The van der Waals surface area contributed by atoms with Crippen LogP contribution in [-0.4, -0.2) is 17.9 Å². The van der Waals surface area contributed by atoms with Gasteiger partial charge in [-0.2, -0.15) is 0 Å². The van der Waals surface area contributed by atoms with Crippen molar-refractivity contribution in [3.8, 4) is 11.5 Å². The van der Waals surface area contributed by atoms with Gasteiger partial charge in [0.25, 0.3) is 0 Å². The van der Waals surface area contributed by atoms with E-state index in [-0.39, 0.29) is 5.75 Å². The van der Waals surface area contributed by atoms with E-state index in [2.05, 4.69) is 4.99 Å². The summed E-state index contributed by atoms with van der Waals surface area (Å²) in [7, 11) is 0. The Labute approximate surface area is 117 Å². The van der Waals surface area contributed by atoms with Crippen molar-refractivity contribution in [3.63, 3.8) is 0 Å². The van der Waals surface area contributed by atoms with Crippen LogP contribution in [0.3, 0.4) is 0 Å². The molecule has 0 saturated carbocycles. The van der Waals surface area contributed by atoms with Crippen molar-refractivity contribution in [2.24, 2.45) is 4.99 Å². The summed E-state index contributed by atoms with van der Waals surface area (Å²) in [5.41, 5.74) is 1.41. The van der Waals surface area contributed by atoms with Gasteiger partial charge >= 0.3 is 0 Å². The first-order valence-corrected chi connectivity index (χ1v) is 6.32. The summed E-state index contributed by atoms with van der Waals surface area (Å²) in [6, 6.07) is 12.3. The maximum Gasteiger partial charge on any atom is 0.128 e. The lowest BCUT2D eigenvalue weighted by molar-refractivity contribution is 0.337. The standard InChI is InChI=1S/C15H14ClNO2/c1-2-19-14-8-3-11(15(18)9-14)10-17-13-6-4-12(16)5-7-13/h3-10,18H,2H2,1H3. The van der Waals surface area contributed by atoms with Gasteiger partial charge in [-0.25, -0.2) is 0 Å². The molecular weight excluding hydrogens is 262 g/mol. The Hall–Kier alpha value is -2.00. The van der Waals surface area contributed by atoms with E-state index in [0.717, 1.165) is 5.69 Å². The van der Waals surface area contributed by atoms with Gasteiger partial charge in [0.2, 0.25) is 0 Å². The molecular formula is C15H14ClNO2. The second-order valence-corrected chi connectivity index (χ2v) is 4.32. The van der Waals surface area contributed by atoms with Crippen molar-refractivity contribution in [3.05, 3.63) is 53.1 Å². The van der Waals surface area contributed by atoms with Gasteiger partial charge in [-0.05, 0) is 43.3 Å². The Morgan fingerprint density at radius 2 is 1.95 bits per heavy atom. The van der Waals surface area contributed by atoms with Crippen molar-refractivity contribution in [1.29, 1.82) is 0 Å². The number of benzene rings is 2. The third kappa shape index (κ3) is 3.73. The van der Waals surface area contributed by atoms with Gasteiger partial charge in [0.1, 0.15) is 11.5 Å². The third-order valence-corrected chi connectivity index (χ3v) is 2.74. The van der Waals surface area contributed by atoms with Crippen LogP contribution in [0.15, 0.2) is 47.5 Å². The molecule has 0 spiro atoms. The van der Waals surface area contributed by atoms with Crippen LogP contribution in [-0.2, 0) is 0 Å². The lowest BCUT2D eigenvalue weighted by Crippen LogP contribution is -1.92. The highest BCUT2D eigenvalue weighted by Gasteiger charge is 2.01. The average molecular weight is 276 g/mol. The average Bonchev–Trinajstić information content (AvgIpc) is 2.40. The minimum Gasteiger partial charge on any atom is -0.507 e. The van der Waals surface area contributed by atoms with E-state index in [0.29, 0.717) is 22.9 Å². The van der Waals surface area contributed by atoms with Gasteiger partial charge in [0, 0.05) is 22.9 Å². The van der Waals surface area contributed by atoms with Crippen LogP contribution >= 0.6 is 11.6 Å². The molecule has 0 saturated heterocycles. The van der Waals surface area contributed by atoms with Crippen LogP contribution in [0, 0.1) is 0 Å². The molecule has 3 nitrogen and oxygen atoms in total. The minimum atomic E-state index is 0.142. The Bertz CT molecular complexity index is 579. The number of hydrogen-bond donors (Lipinski definition) is 1. The van der Waals surface area contributed by atoms with Gasteiger partial charge in [-0.3, -0.25) is 4.99 Å². The van der Waals surface area contributed by atoms with E-state index in [9.17, 15) is 5.11 Å². The summed E-state index contributed by atoms with van der Waals surface area (Å²) in [5.74, 6) is 0.785. The molecule has 2 aromatic carbocycles. The van der Waals surface area contributed by atoms with E-state index in [4.69, 9.17) is 16.3 Å². The van der Waals surface area contributed by atoms with Crippen LogP contribution in [0.4, 0.5) is 5.69 Å². The van der Waals surface area contributed by atoms with Crippen molar-refractivity contribution < 1.29 is 9.84 Å². The molecule has 0 aromatic heterocycles. The molecule has 1 N–H and O–H groups in total. The van der Waals surface area contributed by atoms with E-state index >= 15 is 0 Å². The highest BCUT2D eigenvalue weighted by atomic mass is 35.5. The van der Waals surface area contributed by atoms with Gasteiger partial charge in [0.05, 0.1) is 12.3 Å². The normalized spacial score (nSPS) is 10.8. The van der Waals surface area contributed by atoms with Gasteiger partial charge in [0.15, 0.2) is 0 Å². The summed E-state index contributed by atoms with van der Waals surface area (Å²) < 4.78 is 5.30. The van der Waals surface area contributed by atoms with Gasteiger partial charge in [-0.1, -0.05) is 11.6 Å². The number of halogens is 1. The van der Waals surface area contributed by atoms with Crippen LogP contribution in [0.1, 0.15) is 12.5 Å². The summed E-state index contributed by atoms with van der Waals surface area (Å²) in [6.07, 6.45) is 1.61. The van der Waals surface area contributed by atoms with Gasteiger partial charge < -0.3 is 9.84 Å².